The fourth-order valence-corrected chi connectivity index (χ4v) is 2.34. The van der Waals surface area contributed by atoms with E-state index in [1.54, 1.807) is 6.20 Å². The Labute approximate surface area is 131 Å². The quantitative estimate of drug-likeness (QED) is 0.602. The van der Waals surface area contributed by atoms with Crippen molar-refractivity contribution in [3.8, 4) is 11.4 Å². The predicted molar refractivity (Wildman–Crippen MR) is 86.8 cm³/mol. The number of rotatable bonds is 3. The van der Waals surface area contributed by atoms with Gasteiger partial charge in [-0.2, -0.15) is 5.10 Å². The molecule has 2 heterocycles. The highest BCUT2D eigenvalue weighted by Crippen LogP contribution is 2.23. The Morgan fingerprint density at radius 2 is 1.87 bits per heavy atom. The Bertz CT molecular complexity index is 965. The van der Waals surface area contributed by atoms with Gasteiger partial charge in [-0.25, -0.2) is 14.4 Å². The molecule has 23 heavy (non-hydrogen) atoms. The number of halogens is 1. The molecule has 5 nitrogen and oxygen atoms in total. The number of aromatic nitrogens is 4. The normalized spacial score (nSPS) is 10.8. The molecule has 2 aromatic heterocycles. The van der Waals surface area contributed by atoms with Crippen molar-refractivity contribution in [2.75, 3.05) is 5.32 Å². The molecule has 2 N–H and O–H groups in total. The highest BCUT2D eigenvalue weighted by molar-refractivity contribution is 5.82. The van der Waals surface area contributed by atoms with Crippen LogP contribution in [0.5, 0.6) is 0 Å². The van der Waals surface area contributed by atoms with Gasteiger partial charge in [0.05, 0.1) is 17.9 Å². The lowest BCUT2D eigenvalue weighted by molar-refractivity contribution is 0.619. The average molecular weight is 305 g/mol. The molecule has 4 rings (SSSR count). The van der Waals surface area contributed by atoms with Crippen molar-refractivity contribution in [1.29, 1.82) is 0 Å². The second-order valence-electron chi connectivity index (χ2n) is 5.05. The summed E-state index contributed by atoms with van der Waals surface area (Å²) in [5.74, 6) is 0.109. The number of benzene rings is 2. The first-order chi connectivity index (χ1) is 11.3. The van der Waals surface area contributed by atoms with Crippen LogP contribution in [0.3, 0.4) is 0 Å². The van der Waals surface area contributed by atoms with Crippen LogP contribution in [0.25, 0.3) is 22.3 Å². The van der Waals surface area contributed by atoms with Crippen molar-refractivity contribution in [3.63, 3.8) is 0 Å². The first kappa shape index (κ1) is 13.4. The summed E-state index contributed by atoms with van der Waals surface area (Å²) in [6.45, 7) is 0. The van der Waals surface area contributed by atoms with Crippen LogP contribution in [0, 0.1) is 5.82 Å². The van der Waals surface area contributed by atoms with Gasteiger partial charge in [0.1, 0.15) is 0 Å². The van der Waals surface area contributed by atoms with E-state index in [9.17, 15) is 4.39 Å². The minimum Gasteiger partial charge on any atom is -0.338 e. The van der Waals surface area contributed by atoms with E-state index in [-0.39, 0.29) is 5.82 Å². The van der Waals surface area contributed by atoms with Crippen molar-refractivity contribution in [3.05, 3.63) is 66.7 Å². The minimum atomic E-state index is -0.503. The summed E-state index contributed by atoms with van der Waals surface area (Å²) < 4.78 is 14.0. The van der Waals surface area contributed by atoms with Gasteiger partial charge in [0.25, 0.3) is 0 Å². The number of fused-ring (bicyclic) bond motifs is 1. The van der Waals surface area contributed by atoms with Crippen LogP contribution in [-0.4, -0.2) is 20.2 Å². The molecule has 0 unspecified atom stereocenters. The maximum absolute atomic E-state index is 14.0. The van der Waals surface area contributed by atoms with Crippen LogP contribution < -0.4 is 5.32 Å². The molecule has 0 aliphatic heterocycles. The molecule has 0 aliphatic carbocycles. The van der Waals surface area contributed by atoms with Crippen LogP contribution >= 0.6 is 0 Å². The molecular weight excluding hydrogens is 293 g/mol. The molecule has 0 fully saturated rings. The lowest BCUT2D eigenvalue weighted by Gasteiger charge is -2.08. The summed E-state index contributed by atoms with van der Waals surface area (Å²) in [4.78, 5) is 8.34. The van der Waals surface area contributed by atoms with Gasteiger partial charge in [0.2, 0.25) is 0 Å². The number of aromatic amines is 1. The molecule has 0 bridgehead atoms. The third kappa shape index (κ3) is 2.62. The summed E-state index contributed by atoms with van der Waals surface area (Å²) in [6.07, 6.45) is 2.89. The topological polar surface area (TPSA) is 66.5 Å². The molecular formula is C17H12FN5. The second-order valence-corrected chi connectivity index (χ2v) is 5.05. The van der Waals surface area contributed by atoms with E-state index in [0.717, 1.165) is 22.2 Å². The Kier molecular flexibility index (Phi) is 3.20. The number of nitrogens with one attached hydrogen (secondary N) is 2. The molecule has 6 heteroatoms. The lowest BCUT2D eigenvalue weighted by atomic mass is 10.2. The van der Waals surface area contributed by atoms with E-state index >= 15 is 0 Å². The average Bonchev–Trinajstić information content (AvgIpc) is 3.05. The summed E-state index contributed by atoms with van der Waals surface area (Å²) in [5, 5.41) is 10.8. The second kappa shape index (κ2) is 5.49. The maximum Gasteiger partial charge on any atom is 0.184 e. The molecule has 4 aromatic rings. The monoisotopic (exact) mass is 305 g/mol. The fraction of sp³-hybridized carbons (Fsp3) is 0. The number of anilines is 2. The van der Waals surface area contributed by atoms with Gasteiger partial charge < -0.3 is 5.32 Å². The van der Waals surface area contributed by atoms with Gasteiger partial charge in [-0.1, -0.05) is 30.3 Å². The molecule has 0 saturated carbocycles. The predicted octanol–water partition coefficient (Wildman–Crippen LogP) is 3.90. The largest absolute Gasteiger partial charge is 0.338 e. The summed E-state index contributed by atoms with van der Waals surface area (Å²) in [5.41, 5.74) is 2.49. The van der Waals surface area contributed by atoms with Crippen LogP contribution in [0.2, 0.25) is 0 Å². The molecule has 112 valence electrons. The van der Waals surface area contributed by atoms with E-state index in [2.05, 4.69) is 25.5 Å². The van der Waals surface area contributed by atoms with E-state index < -0.39 is 5.82 Å². The first-order valence-corrected chi connectivity index (χ1v) is 7.08. The zero-order valence-electron chi connectivity index (χ0n) is 12.0. The van der Waals surface area contributed by atoms with Crippen LogP contribution in [0.1, 0.15) is 0 Å². The van der Waals surface area contributed by atoms with Crippen molar-refractivity contribution < 1.29 is 4.39 Å². The van der Waals surface area contributed by atoms with E-state index in [1.165, 1.54) is 6.20 Å². The molecule has 0 saturated heterocycles. The maximum atomic E-state index is 14.0. The SMILES string of the molecule is Fc1cnc(-c2ccccc2)nc1Nc1ccc2[nH]ncc2c1. The van der Waals surface area contributed by atoms with Gasteiger partial charge in [-0.05, 0) is 18.2 Å². The third-order valence-corrected chi connectivity index (χ3v) is 3.48. The highest BCUT2D eigenvalue weighted by atomic mass is 19.1. The summed E-state index contributed by atoms with van der Waals surface area (Å²) in [7, 11) is 0. The molecule has 0 atom stereocenters. The van der Waals surface area contributed by atoms with Crippen molar-refractivity contribution in [2.24, 2.45) is 0 Å². The van der Waals surface area contributed by atoms with E-state index in [1.807, 2.05) is 48.5 Å². The minimum absolute atomic E-state index is 0.140. The van der Waals surface area contributed by atoms with Crippen LogP contribution in [-0.2, 0) is 0 Å². The molecule has 0 amide bonds. The Hall–Kier alpha value is -3.28. The zero-order valence-corrected chi connectivity index (χ0v) is 12.0. The van der Waals surface area contributed by atoms with Gasteiger partial charge >= 0.3 is 0 Å². The Morgan fingerprint density at radius 3 is 2.74 bits per heavy atom. The smallest absolute Gasteiger partial charge is 0.184 e. The lowest BCUT2D eigenvalue weighted by Crippen LogP contribution is -2.00. The third-order valence-electron chi connectivity index (χ3n) is 3.48. The van der Waals surface area contributed by atoms with Crippen molar-refractivity contribution in [1.82, 2.24) is 20.2 Å². The van der Waals surface area contributed by atoms with Gasteiger partial charge in [0.15, 0.2) is 17.5 Å². The zero-order chi connectivity index (χ0) is 15.6. The summed E-state index contributed by atoms with van der Waals surface area (Å²) >= 11 is 0. The summed E-state index contributed by atoms with van der Waals surface area (Å²) in [6, 6.07) is 15.0. The number of H-pyrrole nitrogens is 1. The molecule has 0 spiro atoms. The van der Waals surface area contributed by atoms with Gasteiger partial charge in [-0.15, -0.1) is 0 Å². The van der Waals surface area contributed by atoms with Crippen molar-refractivity contribution in [2.45, 2.75) is 0 Å². The first-order valence-electron chi connectivity index (χ1n) is 7.08. The van der Waals surface area contributed by atoms with Gasteiger partial charge in [-0.3, -0.25) is 5.10 Å². The molecule has 0 aliphatic rings. The highest BCUT2D eigenvalue weighted by Gasteiger charge is 2.09. The Morgan fingerprint density at radius 1 is 1.00 bits per heavy atom. The fourth-order valence-electron chi connectivity index (χ4n) is 2.34. The van der Waals surface area contributed by atoms with Crippen LogP contribution in [0.15, 0.2) is 60.9 Å². The van der Waals surface area contributed by atoms with E-state index in [4.69, 9.17) is 0 Å². The number of hydrogen-bond donors (Lipinski definition) is 2. The standard InChI is InChI=1S/C17H12FN5/c18-14-10-19-16(11-4-2-1-3-5-11)22-17(14)21-13-6-7-15-12(8-13)9-20-23-15/h1-10H,(H,20,23)(H,19,21,22). The van der Waals surface area contributed by atoms with Crippen LogP contribution in [0.4, 0.5) is 15.9 Å². The number of hydrogen-bond acceptors (Lipinski definition) is 4. The Balaban J connectivity index is 1.70. The van der Waals surface area contributed by atoms with Crippen molar-refractivity contribution >= 4 is 22.4 Å². The number of nitrogens with zero attached hydrogens (tertiary/aromatic N) is 3. The molecule has 2 aromatic carbocycles. The van der Waals surface area contributed by atoms with Gasteiger partial charge in [0, 0.05) is 16.6 Å². The molecule has 0 radical (unpaired) electrons. The van der Waals surface area contributed by atoms with E-state index in [0.29, 0.717) is 5.82 Å².